The highest BCUT2D eigenvalue weighted by atomic mass is 19.2. The van der Waals surface area contributed by atoms with Gasteiger partial charge in [-0.25, -0.2) is 13.2 Å². The third kappa shape index (κ3) is 6.10. The zero-order valence-electron chi connectivity index (χ0n) is 16.8. The molecule has 0 unspecified atom stereocenters. The molecule has 0 aliphatic carbocycles. The number of ether oxygens (including phenoxy) is 1. The Morgan fingerprint density at radius 2 is 1.80 bits per heavy atom. The molecule has 0 aliphatic rings. The molecule has 5 nitrogen and oxygen atoms in total. The second-order valence-electron chi connectivity index (χ2n) is 6.34. The fraction of sp³-hybridized carbons (Fsp3) is 0.273. The van der Waals surface area contributed by atoms with E-state index >= 15 is 0 Å². The van der Waals surface area contributed by atoms with Crippen molar-refractivity contribution in [1.29, 1.82) is 0 Å². The number of amides is 2. The van der Waals surface area contributed by atoms with Gasteiger partial charge in [0, 0.05) is 18.2 Å². The largest absolute Gasteiger partial charge is 0.493 e. The maximum atomic E-state index is 13.7. The van der Waals surface area contributed by atoms with E-state index in [4.69, 9.17) is 4.74 Å². The third-order valence-corrected chi connectivity index (χ3v) is 4.07. The first-order valence-electron chi connectivity index (χ1n) is 9.49. The van der Waals surface area contributed by atoms with Crippen molar-refractivity contribution in [3.05, 3.63) is 65.5 Å². The topological polar surface area (TPSA) is 58.6 Å². The van der Waals surface area contributed by atoms with Crippen LogP contribution in [0.2, 0.25) is 0 Å². The van der Waals surface area contributed by atoms with E-state index in [-0.39, 0.29) is 13.1 Å². The summed E-state index contributed by atoms with van der Waals surface area (Å²) in [5.74, 6) is -5.06. The van der Waals surface area contributed by atoms with E-state index in [0.29, 0.717) is 30.4 Å². The number of benzene rings is 2. The molecule has 2 aromatic carbocycles. The average Bonchev–Trinajstić information content (AvgIpc) is 2.73. The van der Waals surface area contributed by atoms with Crippen LogP contribution in [0.25, 0.3) is 6.08 Å². The molecule has 0 saturated carbocycles. The third-order valence-electron chi connectivity index (χ3n) is 4.07. The van der Waals surface area contributed by atoms with Crippen LogP contribution in [0.15, 0.2) is 42.5 Å². The van der Waals surface area contributed by atoms with Crippen LogP contribution in [0, 0.1) is 17.5 Å². The first kappa shape index (κ1) is 23.0. The van der Waals surface area contributed by atoms with Crippen LogP contribution in [0.1, 0.15) is 25.8 Å². The second-order valence-corrected chi connectivity index (χ2v) is 6.34. The summed E-state index contributed by atoms with van der Waals surface area (Å²) < 4.78 is 45.6. The molecule has 30 heavy (non-hydrogen) atoms. The predicted molar refractivity (Wildman–Crippen MR) is 108 cm³/mol. The van der Waals surface area contributed by atoms with Crippen LogP contribution in [0.5, 0.6) is 5.75 Å². The van der Waals surface area contributed by atoms with Gasteiger partial charge in [-0.2, -0.15) is 0 Å². The number of halogens is 3. The summed E-state index contributed by atoms with van der Waals surface area (Å²) in [4.78, 5) is 26.1. The van der Waals surface area contributed by atoms with Crippen molar-refractivity contribution >= 4 is 23.6 Å². The van der Waals surface area contributed by atoms with E-state index in [1.807, 2.05) is 19.9 Å². The van der Waals surface area contributed by atoms with Gasteiger partial charge in [0.25, 0.3) is 0 Å². The maximum Gasteiger partial charge on any atom is 0.247 e. The Hall–Kier alpha value is -3.29. The van der Waals surface area contributed by atoms with Crippen molar-refractivity contribution in [3.8, 4) is 5.75 Å². The lowest BCUT2D eigenvalue weighted by atomic mass is 10.2. The lowest BCUT2D eigenvalue weighted by Crippen LogP contribution is -2.37. The number of nitrogens with one attached hydrogen (secondary N) is 1. The van der Waals surface area contributed by atoms with Gasteiger partial charge in [0.05, 0.1) is 12.3 Å². The van der Waals surface area contributed by atoms with E-state index < -0.39 is 35.0 Å². The molecule has 0 fully saturated rings. The van der Waals surface area contributed by atoms with Gasteiger partial charge in [0.2, 0.25) is 11.8 Å². The molecule has 2 rings (SSSR count). The number of carbonyl (C=O) groups excluding carboxylic acids is 2. The number of hydrogen-bond acceptors (Lipinski definition) is 3. The van der Waals surface area contributed by atoms with E-state index in [1.165, 1.54) is 11.0 Å². The molecule has 0 radical (unpaired) electrons. The highest BCUT2D eigenvalue weighted by Crippen LogP contribution is 2.20. The minimum absolute atomic E-state index is 0.282. The molecule has 0 spiro atoms. The fourth-order valence-corrected chi connectivity index (χ4v) is 2.69. The summed E-state index contributed by atoms with van der Waals surface area (Å²) in [6, 6.07) is 8.82. The van der Waals surface area contributed by atoms with E-state index in [1.54, 1.807) is 24.3 Å². The van der Waals surface area contributed by atoms with Crippen LogP contribution in [-0.2, 0) is 9.59 Å². The number of hydrogen-bond donors (Lipinski definition) is 1. The van der Waals surface area contributed by atoms with Gasteiger partial charge in [-0.3, -0.25) is 9.59 Å². The molecule has 0 atom stereocenters. The first-order chi connectivity index (χ1) is 14.4. The van der Waals surface area contributed by atoms with Crippen LogP contribution in [-0.4, -0.2) is 36.4 Å². The van der Waals surface area contributed by atoms with Crippen LogP contribution in [0.3, 0.4) is 0 Å². The Kier molecular flexibility index (Phi) is 8.46. The molecule has 0 bridgehead atoms. The van der Waals surface area contributed by atoms with Crippen molar-refractivity contribution in [2.45, 2.75) is 20.3 Å². The summed E-state index contributed by atoms with van der Waals surface area (Å²) in [7, 11) is 0. The molecule has 0 aromatic heterocycles. The van der Waals surface area contributed by atoms with Gasteiger partial charge in [-0.1, -0.05) is 25.1 Å². The van der Waals surface area contributed by atoms with Gasteiger partial charge >= 0.3 is 0 Å². The van der Waals surface area contributed by atoms with E-state index in [2.05, 4.69) is 5.32 Å². The molecule has 2 amide bonds. The molecule has 8 heteroatoms. The van der Waals surface area contributed by atoms with Crippen molar-refractivity contribution < 1.29 is 27.5 Å². The monoisotopic (exact) mass is 420 g/mol. The minimum Gasteiger partial charge on any atom is -0.493 e. The standard InChI is InChI=1S/C22H23F3N2O3/c1-3-13-27(14-19(28)26-17-11-10-16(23)21(24)22(17)25)20(29)12-9-15-7-5-6-8-18(15)30-4-2/h5-12H,3-4,13-14H2,1-2H3,(H,26,28)/b12-9+. The summed E-state index contributed by atoms with van der Waals surface area (Å²) in [5, 5.41) is 2.16. The Morgan fingerprint density at radius 3 is 2.50 bits per heavy atom. The lowest BCUT2D eigenvalue weighted by molar-refractivity contribution is -0.130. The Morgan fingerprint density at radius 1 is 1.07 bits per heavy atom. The van der Waals surface area contributed by atoms with Crippen molar-refractivity contribution in [3.63, 3.8) is 0 Å². The average molecular weight is 420 g/mol. The zero-order valence-corrected chi connectivity index (χ0v) is 16.8. The summed E-state index contributed by atoms with van der Waals surface area (Å²) in [6.07, 6.45) is 3.49. The number of anilines is 1. The van der Waals surface area contributed by atoms with Crippen molar-refractivity contribution in [2.75, 3.05) is 25.0 Å². The van der Waals surface area contributed by atoms with Gasteiger partial charge in [-0.05, 0) is 37.6 Å². The number of nitrogens with zero attached hydrogens (tertiary/aromatic N) is 1. The predicted octanol–water partition coefficient (Wildman–Crippen LogP) is 4.39. The zero-order chi connectivity index (χ0) is 22.1. The normalized spacial score (nSPS) is 10.8. The summed E-state index contributed by atoms with van der Waals surface area (Å²) in [6.45, 7) is 4.07. The van der Waals surface area contributed by atoms with Gasteiger partial charge < -0.3 is 15.0 Å². The van der Waals surface area contributed by atoms with Crippen LogP contribution in [0.4, 0.5) is 18.9 Å². The molecule has 0 heterocycles. The van der Waals surface area contributed by atoms with Crippen molar-refractivity contribution in [2.24, 2.45) is 0 Å². The molecular formula is C22H23F3N2O3. The van der Waals surface area contributed by atoms with E-state index in [0.717, 1.165) is 6.07 Å². The fourth-order valence-electron chi connectivity index (χ4n) is 2.69. The van der Waals surface area contributed by atoms with Crippen LogP contribution >= 0.6 is 0 Å². The van der Waals surface area contributed by atoms with Gasteiger partial charge in [0.15, 0.2) is 17.5 Å². The highest BCUT2D eigenvalue weighted by molar-refractivity contribution is 5.98. The Bertz CT molecular complexity index is 932. The number of carbonyl (C=O) groups is 2. The summed E-state index contributed by atoms with van der Waals surface area (Å²) in [5.41, 5.74) is 0.210. The molecule has 0 saturated heterocycles. The molecule has 2 aromatic rings. The maximum absolute atomic E-state index is 13.7. The van der Waals surface area contributed by atoms with E-state index in [9.17, 15) is 22.8 Å². The first-order valence-corrected chi connectivity index (χ1v) is 9.49. The van der Waals surface area contributed by atoms with Crippen LogP contribution < -0.4 is 10.1 Å². The quantitative estimate of drug-likeness (QED) is 0.484. The van der Waals surface area contributed by atoms with Gasteiger partial charge in [0.1, 0.15) is 12.3 Å². The highest BCUT2D eigenvalue weighted by Gasteiger charge is 2.18. The molecule has 1 N–H and O–H groups in total. The Labute approximate surface area is 173 Å². The van der Waals surface area contributed by atoms with Crippen molar-refractivity contribution in [1.82, 2.24) is 4.90 Å². The molecule has 0 aliphatic heterocycles. The number of rotatable bonds is 9. The minimum atomic E-state index is -1.68. The molecular weight excluding hydrogens is 397 g/mol. The summed E-state index contributed by atoms with van der Waals surface area (Å²) >= 11 is 0. The lowest BCUT2D eigenvalue weighted by Gasteiger charge is -2.20. The van der Waals surface area contributed by atoms with Gasteiger partial charge in [-0.15, -0.1) is 0 Å². The number of para-hydroxylation sites is 1. The SMILES string of the molecule is CCCN(CC(=O)Nc1ccc(F)c(F)c1F)C(=O)/C=C/c1ccccc1OCC. The molecule has 160 valence electrons. The second kappa shape index (κ2) is 11.0. The Balaban J connectivity index is 2.09. The smallest absolute Gasteiger partial charge is 0.247 e.